The van der Waals surface area contributed by atoms with Crippen LogP contribution in [0.4, 0.5) is 10.1 Å². The summed E-state index contributed by atoms with van der Waals surface area (Å²) < 4.78 is 18.7. The van der Waals surface area contributed by atoms with Crippen LogP contribution in [0.5, 0.6) is 0 Å². The van der Waals surface area contributed by atoms with Gasteiger partial charge in [0.1, 0.15) is 28.2 Å². The molecule has 0 aliphatic carbocycles. The Bertz CT molecular complexity index is 1300. The van der Waals surface area contributed by atoms with Crippen LogP contribution < -0.4 is 10.2 Å². The first-order valence-corrected chi connectivity index (χ1v) is 11.7. The molecule has 3 aromatic rings. The van der Waals surface area contributed by atoms with Gasteiger partial charge >= 0.3 is 0 Å². The lowest BCUT2D eigenvalue weighted by molar-refractivity contribution is -0.117. The lowest BCUT2D eigenvalue weighted by Crippen LogP contribution is -2.32. The summed E-state index contributed by atoms with van der Waals surface area (Å²) in [5.41, 5.74) is 0.794. The molecule has 0 unspecified atom stereocenters. The van der Waals surface area contributed by atoms with E-state index in [1.165, 1.54) is 35.4 Å². The normalized spacial score (nSPS) is 16.9. The number of rotatable bonds is 6. The Labute approximate surface area is 208 Å². The van der Waals surface area contributed by atoms with Crippen molar-refractivity contribution in [2.24, 2.45) is 0 Å². The van der Waals surface area contributed by atoms with Crippen LogP contribution in [0.2, 0.25) is 10.0 Å². The number of thioether (sulfide) groups is 1. The number of amides is 2. The zero-order chi connectivity index (χ0) is 24.2. The topological polar surface area (TPSA) is 86.3 Å². The van der Waals surface area contributed by atoms with Gasteiger partial charge in [-0.15, -0.1) is 0 Å². The van der Waals surface area contributed by atoms with Crippen molar-refractivity contribution in [2.75, 3.05) is 4.90 Å². The quantitative estimate of drug-likeness (QED) is 0.347. The van der Waals surface area contributed by atoms with E-state index in [1.54, 1.807) is 30.3 Å². The van der Waals surface area contributed by atoms with Crippen molar-refractivity contribution in [1.82, 2.24) is 5.32 Å². The second-order valence-electron chi connectivity index (χ2n) is 7.25. The van der Waals surface area contributed by atoms with Crippen molar-refractivity contribution < 1.29 is 18.4 Å². The van der Waals surface area contributed by atoms with Gasteiger partial charge in [0.2, 0.25) is 5.91 Å². The molecule has 1 aromatic heterocycles. The summed E-state index contributed by atoms with van der Waals surface area (Å²) in [5, 5.41) is 12.8. The first-order chi connectivity index (χ1) is 16.4. The number of halogens is 3. The Morgan fingerprint density at radius 1 is 1.21 bits per heavy atom. The van der Waals surface area contributed by atoms with Crippen molar-refractivity contribution in [3.8, 4) is 6.07 Å². The summed E-state index contributed by atoms with van der Waals surface area (Å²) in [7, 11) is 0. The monoisotopic (exact) mass is 515 g/mol. The van der Waals surface area contributed by atoms with Gasteiger partial charge < -0.3 is 9.73 Å². The Morgan fingerprint density at radius 3 is 2.62 bits per heavy atom. The van der Waals surface area contributed by atoms with Gasteiger partial charge in [-0.05, 0) is 60.5 Å². The maximum atomic E-state index is 13.5. The van der Waals surface area contributed by atoms with E-state index >= 15 is 0 Å². The molecule has 10 heteroatoms. The van der Waals surface area contributed by atoms with E-state index in [4.69, 9.17) is 27.6 Å². The summed E-state index contributed by atoms with van der Waals surface area (Å²) in [6.07, 6.45) is 1.72. The van der Waals surface area contributed by atoms with Crippen LogP contribution in [0.3, 0.4) is 0 Å². The predicted octanol–water partition coefficient (Wildman–Crippen LogP) is 5.47. The van der Waals surface area contributed by atoms with E-state index in [0.717, 1.165) is 11.8 Å². The molecular weight excluding hydrogens is 500 g/mol. The number of nitriles is 1. The van der Waals surface area contributed by atoms with E-state index in [0.29, 0.717) is 27.1 Å². The molecule has 34 heavy (non-hydrogen) atoms. The largest absolute Gasteiger partial charge is 0.467 e. The van der Waals surface area contributed by atoms with Crippen LogP contribution in [0.15, 0.2) is 75.9 Å². The molecule has 6 nitrogen and oxygen atoms in total. The standard InChI is InChI=1S/C24H16Cl2FN3O3S/c25-15-4-3-14(20(26)11-15)10-21-23(32)30(17-7-5-16(27)6-8-17)24(34-21)19(12-28)22(31)29-13-18-2-1-9-33-18/h1-9,11,21H,10,13H2,(H,29,31)/b24-19-/t21-/m1/s1. The number of nitrogens with one attached hydrogen (secondary N) is 1. The Kier molecular flexibility index (Phi) is 7.27. The van der Waals surface area contributed by atoms with Crippen molar-refractivity contribution in [3.05, 3.63) is 98.6 Å². The van der Waals surface area contributed by atoms with E-state index in [9.17, 15) is 19.2 Å². The van der Waals surface area contributed by atoms with Crippen LogP contribution in [0.1, 0.15) is 11.3 Å². The number of anilines is 1. The molecule has 1 aliphatic rings. The fraction of sp³-hybridized carbons (Fsp3) is 0.125. The van der Waals surface area contributed by atoms with Gasteiger partial charge in [0.05, 0.1) is 18.1 Å². The van der Waals surface area contributed by atoms with Crippen LogP contribution in [-0.4, -0.2) is 17.1 Å². The minimum absolute atomic E-state index is 0.0727. The first kappa shape index (κ1) is 23.9. The van der Waals surface area contributed by atoms with Crippen LogP contribution in [0.25, 0.3) is 0 Å². The second-order valence-corrected chi connectivity index (χ2v) is 9.29. The molecule has 0 saturated carbocycles. The van der Waals surface area contributed by atoms with Crippen LogP contribution in [0, 0.1) is 17.1 Å². The average molecular weight is 516 g/mol. The third-order valence-electron chi connectivity index (χ3n) is 5.01. The highest BCUT2D eigenvalue weighted by Gasteiger charge is 2.41. The van der Waals surface area contributed by atoms with E-state index < -0.39 is 17.0 Å². The fourth-order valence-corrected chi connectivity index (χ4v) is 5.15. The van der Waals surface area contributed by atoms with Gasteiger partial charge in [0.15, 0.2) is 0 Å². The molecule has 0 spiro atoms. The lowest BCUT2D eigenvalue weighted by Gasteiger charge is -2.18. The van der Waals surface area contributed by atoms with Gasteiger partial charge in [-0.1, -0.05) is 41.0 Å². The molecule has 0 radical (unpaired) electrons. The number of benzene rings is 2. The number of hydrogen-bond acceptors (Lipinski definition) is 5. The molecule has 2 amide bonds. The molecule has 1 saturated heterocycles. The van der Waals surface area contributed by atoms with Gasteiger partial charge in [-0.2, -0.15) is 5.26 Å². The second kappa shape index (κ2) is 10.3. The molecule has 4 rings (SSSR count). The third kappa shape index (κ3) is 5.12. The van der Waals surface area contributed by atoms with Crippen molar-refractivity contribution >= 4 is 52.5 Å². The van der Waals surface area contributed by atoms with Gasteiger partial charge in [0, 0.05) is 15.7 Å². The Morgan fingerprint density at radius 2 is 1.97 bits per heavy atom. The highest BCUT2D eigenvalue weighted by atomic mass is 35.5. The summed E-state index contributed by atoms with van der Waals surface area (Å²) >= 11 is 13.4. The predicted molar refractivity (Wildman–Crippen MR) is 129 cm³/mol. The first-order valence-electron chi connectivity index (χ1n) is 10.0. The fourth-order valence-electron chi connectivity index (χ4n) is 3.37. The van der Waals surface area contributed by atoms with Crippen molar-refractivity contribution in [2.45, 2.75) is 18.2 Å². The molecule has 1 N–H and O–H groups in total. The van der Waals surface area contributed by atoms with E-state index in [1.807, 2.05) is 6.07 Å². The van der Waals surface area contributed by atoms with Gasteiger partial charge in [0.25, 0.3) is 5.91 Å². The third-order valence-corrected chi connectivity index (χ3v) is 6.86. The number of nitrogens with zero attached hydrogens (tertiary/aromatic N) is 2. The Balaban J connectivity index is 1.69. The minimum atomic E-state index is -0.667. The zero-order valence-electron chi connectivity index (χ0n) is 17.4. The molecular formula is C24H16Cl2FN3O3S. The highest BCUT2D eigenvalue weighted by molar-refractivity contribution is 8.05. The molecule has 1 aliphatic heterocycles. The van der Waals surface area contributed by atoms with Crippen molar-refractivity contribution in [3.63, 3.8) is 0 Å². The molecule has 2 aromatic carbocycles. The summed E-state index contributed by atoms with van der Waals surface area (Å²) in [6, 6.07) is 15.5. The maximum Gasteiger partial charge on any atom is 0.265 e. The number of carbonyl (C=O) groups is 2. The van der Waals surface area contributed by atoms with Crippen LogP contribution in [-0.2, 0) is 22.6 Å². The number of hydrogen-bond donors (Lipinski definition) is 1. The zero-order valence-corrected chi connectivity index (χ0v) is 19.8. The minimum Gasteiger partial charge on any atom is -0.467 e. The number of carbonyl (C=O) groups excluding carboxylic acids is 2. The molecule has 1 atom stereocenters. The van der Waals surface area contributed by atoms with E-state index in [2.05, 4.69) is 5.32 Å². The highest BCUT2D eigenvalue weighted by Crippen LogP contribution is 2.42. The summed E-state index contributed by atoms with van der Waals surface area (Å²) in [4.78, 5) is 27.6. The maximum absolute atomic E-state index is 13.5. The SMILES string of the molecule is N#C/C(C(=O)NCc1ccco1)=C1/S[C@H](Cc2ccc(Cl)cc2Cl)C(=O)N1c1ccc(F)cc1. The molecule has 2 heterocycles. The molecule has 172 valence electrons. The van der Waals surface area contributed by atoms with E-state index in [-0.39, 0.29) is 29.5 Å². The van der Waals surface area contributed by atoms with Gasteiger partial charge in [-0.3, -0.25) is 14.5 Å². The summed E-state index contributed by atoms with van der Waals surface area (Å²) in [6.45, 7) is 0.0727. The van der Waals surface area contributed by atoms with Gasteiger partial charge in [-0.25, -0.2) is 4.39 Å². The summed E-state index contributed by atoms with van der Waals surface area (Å²) in [5.74, 6) is -0.984. The number of furan rings is 1. The van der Waals surface area contributed by atoms with Crippen LogP contribution >= 0.6 is 35.0 Å². The molecule has 0 bridgehead atoms. The Hall–Kier alpha value is -3.25. The molecule has 1 fully saturated rings. The lowest BCUT2D eigenvalue weighted by atomic mass is 10.1. The smallest absolute Gasteiger partial charge is 0.265 e. The average Bonchev–Trinajstić information content (AvgIpc) is 3.44. The van der Waals surface area contributed by atoms with Crippen molar-refractivity contribution in [1.29, 1.82) is 5.26 Å².